The molecule has 1 aromatic rings. The van der Waals surface area contributed by atoms with Crippen molar-refractivity contribution >= 4 is 31.6 Å². The van der Waals surface area contributed by atoms with Crippen LogP contribution in [-0.4, -0.2) is 25.8 Å². The molecule has 106 valence electrons. The van der Waals surface area contributed by atoms with E-state index in [1.807, 2.05) is 12.1 Å². The SMILES string of the molecule is N#CCCN(CCC#N)S(=O)(=O)c1ccc(Br)c(N)c1. The number of nitrogens with zero attached hydrogens (tertiary/aromatic N) is 3. The molecule has 20 heavy (non-hydrogen) atoms. The van der Waals surface area contributed by atoms with Crippen LogP contribution in [-0.2, 0) is 10.0 Å². The first-order valence-electron chi connectivity index (χ1n) is 5.72. The zero-order chi connectivity index (χ0) is 15.2. The van der Waals surface area contributed by atoms with E-state index in [9.17, 15) is 8.42 Å². The molecule has 0 bridgehead atoms. The van der Waals surface area contributed by atoms with Gasteiger partial charge in [-0.05, 0) is 34.1 Å². The molecule has 1 aromatic carbocycles. The van der Waals surface area contributed by atoms with E-state index in [2.05, 4.69) is 15.9 Å². The predicted molar refractivity (Wildman–Crippen MR) is 77.8 cm³/mol. The van der Waals surface area contributed by atoms with Crippen molar-refractivity contribution in [2.24, 2.45) is 0 Å². The molecule has 0 fully saturated rings. The molecule has 6 nitrogen and oxygen atoms in total. The van der Waals surface area contributed by atoms with Crippen molar-refractivity contribution in [3.8, 4) is 12.1 Å². The molecule has 1 rings (SSSR count). The van der Waals surface area contributed by atoms with Gasteiger partial charge in [0, 0.05) is 36.1 Å². The molecule has 0 aliphatic carbocycles. The molecule has 0 spiro atoms. The number of hydrogen-bond acceptors (Lipinski definition) is 5. The van der Waals surface area contributed by atoms with E-state index < -0.39 is 10.0 Å². The third-order valence-electron chi connectivity index (χ3n) is 2.55. The number of nitriles is 2. The third-order valence-corrected chi connectivity index (χ3v) is 5.17. The molecule has 0 aliphatic heterocycles. The van der Waals surface area contributed by atoms with Gasteiger partial charge in [0.05, 0.1) is 17.0 Å². The number of benzene rings is 1. The largest absolute Gasteiger partial charge is 0.398 e. The van der Waals surface area contributed by atoms with Gasteiger partial charge < -0.3 is 5.73 Å². The monoisotopic (exact) mass is 356 g/mol. The first-order valence-corrected chi connectivity index (χ1v) is 7.96. The average Bonchev–Trinajstić information content (AvgIpc) is 2.41. The molecular formula is C12H13BrN4O2S. The second kappa shape index (κ2) is 7.25. The van der Waals surface area contributed by atoms with Crippen molar-refractivity contribution in [2.75, 3.05) is 18.8 Å². The Kier molecular flexibility index (Phi) is 5.96. The molecular weight excluding hydrogens is 344 g/mol. The summed E-state index contributed by atoms with van der Waals surface area (Å²) in [6.07, 6.45) is 0.132. The summed E-state index contributed by atoms with van der Waals surface area (Å²) in [6.45, 7) is 0.104. The van der Waals surface area contributed by atoms with Crippen LogP contribution in [0.2, 0.25) is 0 Å². The number of halogens is 1. The van der Waals surface area contributed by atoms with Crippen LogP contribution in [0.5, 0.6) is 0 Å². The minimum atomic E-state index is -3.75. The highest BCUT2D eigenvalue weighted by atomic mass is 79.9. The van der Waals surface area contributed by atoms with Crippen LogP contribution < -0.4 is 5.73 Å². The van der Waals surface area contributed by atoms with E-state index in [4.69, 9.17) is 16.3 Å². The lowest BCUT2D eigenvalue weighted by Crippen LogP contribution is -2.32. The maximum Gasteiger partial charge on any atom is 0.243 e. The fourth-order valence-corrected chi connectivity index (χ4v) is 3.26. The maximum atomic E-state index is 12.4. The summed E-state index contributed by atoms with van der Waals surface area (Å²) in [4.78, 5) is 0.0501. The Bertz CT molecular complexity index is 643. The number of nitrogen functional groups attached to an aromatic ring is 1. The molecule has 0 unspecified atom stereocenters. The number of rotatable bonds is 6. The van der Waals surface area contributed by atoms with E-state index >= 15 is 0 Å². The molecule has 0 radical (unpaired) electrons. The van der Waals surface area contributed by atoms with Gasteiger partial charge in [-0.15, -0.1) is 0 Å². The van der Waals surface area contributed by atoms with Crippen molar-refractivity contribution in [3.63, 3.8) is 0 Å². The molecule has 2 N–H and O–H groups in total. The van der Waals surface area contributed by atoms with E-state index in [0.29, 0.717) is 10.2 Å². The maximum absolute atomic E-state index is 12.4. The second-order valence-corrected chi connectivity index (χ2v) is 6.70. The van der Waals surface area contributed by atoms with Gasteiger partial charge in [-0.1, -0.05) is 0 Å². The highest BCUT2D eigenvalue weighted by Crippen LogP contribution is 2.25. The number of nitrogens with two attached hydrogens (primary N) is 1. The van der Waals surface area contributed by atoms with Gasteiger partial charge in [0.25, 0.3) is 0 Å². The molecule has 0 aliphatic rings. The Morgan fingerprint density at radius 1 is 1.20 bits per heavy atom. The summed E-state index contributed by atoms with van der Waals surface area (Å²) < 4.78 is 26.6. The fraction of sp³-hybridized carbons (Fsp3) is 0.333. The zero-order valence-corrected chi connectivity index (χ0v) is 13.0. The standard InChI is InChI=1S/C12H13BrN4O2S/c13-11-4-3-10(9-12(11)16)20(18,19)17(7-1-5-14)8-2-6-15/h3-4,9H,1-2,7-8,16H2. The molecule has 0 heterocycles. The van der Waals surface area contributed by atoms with E-state index in [1.54, 1.807) is 6.07 Å². The summed E-state index contributed by atoms with van der Waals surface area (Å²) in [5.74, 6) is 0. The van der Waals surface area contributed by atoms with Crippen molar-refractivity contribution in [1.82, 2.24) is 4.31 Å². The van der Waals surface area contributed by atoms with Gasteiger partial charge in [-0.2, -0.15) is 14.8 Å². The Hall–Kier alpha value is -1.61. The fourth-order valence-electron chi connectivity index (χ4n) is 1.53. The Labute approximate surface area is 126 Å². The van der Waals surface area contributed by atoms with Gasteiger partial charge in [-0.25, -0.2) is 8.42 Å². The van der Waals surface area contributed by atoms with E-state index in [0.717, 1.165) is 4.31 Å². The van der Waals surface area contributed by atoms with Gasteiger partial charge >= 0.3 is 0 Å². The van der Waals surface area contributed by atoms with Crippen molar-refractivity contribution < 1.29 is 8.42 Å². The van der Waals surface area contributed by atoms with Gasteiger partial charge in [0.15, 0.2) is 0 Å². The minimum absolute atomic E-state index is 0.0501. The van der Waals surface area contributed by atoms with Gasteiger partial charge in [0.2, 0.25) is 10.0 Å². The molecule has 8 heteroatoms. The van der Waals surface area contributed by atoms with E-state index in [-0.39, 0.29) is 30.8 Å². The summed E-state index contributed by atoms with van der Waals surface area (Å²) in [7, 11) is -3.75. The lowest BCUT2D eigenvalue weighted by Gasteiger charge is -2.20. The first-order chi connectivity index (χ1) is 9.43. The number of anilines is 1. The molecule has 0 saturated heterocycles. The number of hydrogen-bond donors (Lipinski definition) is 1. The topological polar surface area (TPSA) is 111 Å². The van der Waals surface area contributed by atoms with E-state index in [1.165, 1.54) is 12.1 Å². The second-order valence-electron chi connectivity index (χ2n) is 3.90. The Morgan fingerprint density at radius 2 is 1.75 bits per heavy atom. The van der Waals surface area contributed by atoms with Gasteiger partial charge in [-0.3, -0.25) is 0 Å². The molecule has 0 saturated carbocycles. The summed E-state index contributed by atoms with van der Waals surface area (Å²) in [5, 5.41) is 17.2. The summed E-state index contributed by atoms with van der Waals surface area (Å²) in [5.41, 5.74) is 5.99. The van der Waals surface area contributed by atoms with Crippen LogP contribution >= 0.6 is 15.9 Å². The van der Waals surface area contributed by atoms with Crippen molar-refractivity contribution in [1.29, 1.82) is 10.5 Å². The highest BCUT2D eigenvalue weighted by Gasteiger charge is 2.24. The van der Waals surface area contributed by atoms with Crippen LogP contribution in [0, 0.1) is 22.7 Å². The molecule has 0 amide bonds. The Balaban J connectivity index is 3.11. The lowest BCUT2D eigenvalue weighted by molar-refractivity contribution is 0.425. The minimum Gasteiger partial charge on any atom is -0.398 e. The predicted octanol–water partition coefficient (Wildman–Crippen LogP) is 1.85. The van der Waals surface area contributed by atoms with Crippen LogP contribution in [0.15, 0.2) is 27.6 Å². The van der Waals surface area contributed by atoms with Crippen LogP contribution in [0.3, 0.4) is 0 Å². The molecule has 0 atom stereocenters. The summed E-state index contributed by atoms with van der Waals surface area (Å²) in [6, 6.07) is 8.13. The normalized spacial score (nSPS) is 11.0. The van der Waals surface area contributed by atoms with Crippen LogP contribution in [0.4, 0.5) is 5.69 Å². The third kappa shape index (κ3) is 3.94. The lowest BCUT2D eigenvalue weighted by atomic mass is 10.3. The molecule has 0 aromatic heterocycles. The van der Waals surface area contributed by atoms with Gasteiger partial charge in [0.1, 0.15) is 0 Å². The number of sulfonamides is 1. The summed E-state index contributed by atoms with van der Waals surface area (Å²) >= 11 is 3.20. The van der Waals surface area contributed by atoms with Crippen LogP contribution in [0.1, 0.15) is 12.8 Å². The quantitative estimate of drug-likeness (QED) is 0.781. The smallest absolute Gasteiger partial charge is 0.243 e. The van der Waals surface area contributed by atoms with Crippen LogP contribution in [0.25, 0.3) is 0 Å². The Morgan fingerprint density at radius 3 is 2.20 bits per heavy atom. The zero-order valence-electron chi connectivity index (χ0n) is 10.6. The van der Waals surface area contributed by atoms with Crippen molar-refractivity contribution in [2.45, 2.75) is 17.7 Å². The first kappa shape index (κ1) is 16.4. The highest BCUT2D eigenvalue weighted by molar-refractivity contribution is 9.10. The van der Waals surface area contributed by atoms with Crippen molar-refractivity contribution in [3.05, 3.63) is 22.7 Å². The average molecular weight is 357 g/mol.